The van der Waals surface area contributed by atoms with Gasteiger partial charge in [-0.1, -0.05) is 18.2 Å². The van der Waals surface area contributed by atoms with Crippen LogP contribution in [0.15, 0.2) is 42.5 Å². The highest BCUT2D eigenvalue weighted by Gasteiger charge is 2.19. The molecule has 30 heavy (non-hydrogen) atoms. The lowest BCUT2D eigenvalue weighted by atomic mass is 10.0. The van der Waals surface area contributed by atoms with Crippen LogP contribution in [0.2, 0.25) is 0 Å². The predicted octanol–water partition coefficient (Wildman–Crippen LogP) is 3.13. The van der Waals surface area contributed by atoms with Gasteiger partial charge in [0.1, 0.15) is 0 Å². The minimum Gasteiger partial charge on any atom is -0.387 e. The second-order valence-electron chi connectivity index (χ2n) is 7.90. The van der Waals surface area contributed by atoms with E-state index in [1.165, 1.54) is 12.5 Å². The fourth-order valence-corrected chi connectivity index (χ4v) is 3.90. The lowest BCUT2D eigenvalue weighted by molar-refractivity contribution is -0.114. The van der Waals surface area contributed by atoms with Crippen LogP contribution in [0.1, 0.15) is 42.1 Å². The largest absolute Gasteiger partial charge is 0.387 e. The number of aromatic nitrogens is 3. The zero-order valence-corrected chi connectivity index (χ0v) is 17.6. The maximum absolute atomic E-state index is 11.1. The van der Waals surface area contributed by atoms with Crippen LogP contribution in [-0.2, 0) is 4.79 Å². The number of fused-ring (bicyclic) bond motifs is 1. The summed E-state index contributed by atoms with van der Waals surface area (Å²) in [5.41, 5.74) is 6.73. The summed E-state index contributed by atoms with van der Waals surface area (Å²) in [6.07, 6.45) is 2.51. The van der Waals surface area contributed by atoms with Gasteiger partial charge in [-0.25, -0.2) is 9.50 Å². The molecule has 0 saturated heterocycles. The molecule has 1 atom stereocenters. The van der Waals surface area contributed by atoms with E-state index >= 15 is 0 Å². The van der Waals surface area contributed by atoms with Crippen molar-refractivity contribution in [3.63, 3.8) is 0 Å². The molecule has 7 heteroatoms. The van der Waals surface area contributed by atoms with E-state index < -0.39 is 6.10 Å². The number of anilines is 1. The van der Waals surface area contributed by atoms with Crippen LogP contribution < -0.4 is 5.32 Å². The smallest absolute Gasteiger partial charge is 0.221 e. The maximum atomic E-state index is 11.1. The third kappa shape index (κ3) is 4.42. The molecule has 0 fully saturated rings. The van der Waals surface area contributed by atoms with Gasteiger partial charge >= 0.3 is 0 Å². The van der Waals surface area contributed by atoms with Gasteiger partial charge in [0.05, 0.1) is 11.8 Å². The number of aliphatic hydroxyl groups is 1. The van der Waals surface area contributed by atoms with Gasteiger partial charge in [-0.3, -0.25) is 9.69 Å². The molecule has 2 aromatic heterocycles. The van der Waals surface area contributed by atoms with Gasteiger partial charge in [-0.05, 0) is 49.6 Å². The number of aliphatic hydroxyl groups excluding tert-OH is 1. The van der Waals surface area contributed by atoms with Gasteiger partial charge in [0.2, 0.25) is 5.91 Å². The molecule has 1 aliphatic heterocycles. The molecule has 156 valence electrons. The van der Waals surface area contributed by atoms with Crippen molar-refractivity contribution < 1.29 is 9.90 Å². The highest BCUT2D eigenvalue weighted by atomic mass is 16.3. The Labute approximate surface area is 176 Å². The monoisotopic (exact) mass is 405 g/mol. The highest BCUT2D eigenvalue weighted by molar-refractivity contribution is 5.88. The van der Waals surface area contributed by atoms with Crippen LogP contribution in [-0.4, -0.2) is 50.1 Å². The fraction of sp³-hybridized carbons (Fsp3) is 0.348. The predicted molar refractivity (Wildman–Crippen MR) is 117 cm³/mol. The number of hydrogen-bond acceptors (Lipinski definition) is 5. The molecule has 0 spiro atoms. The molecule has 2 N–H and O–H groups in total. The molecular weight excluding hydrogens is 378 g/mol. The lowest BCUT2D eigenvalue weighted by Crippen LogP contribution is -2.32. The molecule has 3 heterocycles. The maximum Gasteiger partial charge on any atom is 0.221 e. The van der Waals surface area contributed by atoms with Crippen LogP contribution in [0.4, 0.5) is 5.69 Å². The Hall–Kier alpha value is -3.03. The molecule has 1 aromatic carbocycles. The summed E-state index contributed by atoms with van der Waals surface area (Å²) in [4.78, 5) is 17.9. The summed E-state index contributed by atoms with van der Waals surface area (Å²) in [6, 6.07) is 11.4. The average molecular weight is 406 g/mol. The molecule has 1 aliphatic rings. The molecule has 0 radical (unpaired) electrons. The Kier molecular flexibility index (Phi) is 5.65. The van der Waals surface area contributed by atoms with Crippen LogP contribution >= 0.6 is 0 Å². The number of carbonyl (C=O) groups excluding carboxylic acids is 1. The summed E-state index contributed by atoms with van der Waals surface area (Å²) in [5, 5.41) is 18.1. The van der Waals surface area contributed by atoms with E-state index in [9.17, 15) is 9.90 Å². The van der Waals surface area contributed by atoms with Gasteiger partial charge in [0.25, 0.3) is 0 Å². The van der Waals surface area contributed by atoms with E-state index in [-0.39, 0.29) is 5.91 Å². The molecule has 1 amide bonds. The first-order valence-corrected chi connectivity index (χ1v) is 10.2. The Morgan fingerprint density at radius 1 is 1.23 bits per heavy atom. The zero-order chi connectivity index (χ0) is 21.3. The number of amides is 1. The van der Waals surface area contributed by atoms with E-state index in [0.29, 0.717) is 6.54 Å². The number of nitrogens with zero attached hydrogens (tertiary/aromatic N) is 4. The standard InChI is InChI=1S/C23H27N5O2/c1-15-12-16(2)28-23(24-15)13-21(26-28)18-8-10-27(11-9-18)14-22(30)19-4-6-20(7-5-19)25-17(3)29/h4-8,12-13,22,30H,9-11,14H2,1-3H3,(H,25,29). The SMILES string of the molecule is CC(=O)Nc1ccc(C(O)CN2CC=C(c3cc4nc(C)cc(C)n4n3)CC2)cc1. The van der Waals surface area contributed by atoms with Crippen molar-refractivity contribution in [3.8, 4) is 0 Å². The van der Waals surface area contributed by atoms with Gasteiger partial charge in [0, 0.05) is 49.7 Å². The van der Waals surface area contributed by atoms with Crippen molar-refractivity contribution in [2.24, 2.45) is 0 Å². The summed E-state index contributed by atoms with van der Waals surface area (Å²) >= 11 is 0. The molecule has 0 aliphatic carbocycles. The summed E-state index contributed by atoms with van der Waals surface area (Å²) in [5.74, 6) is -0.106. The van der Waals surface area contributed by atoms with E-state index in [0.717, 1.165) is 53.5 Å². The molecule has 1 unspecified atom stereocenters. The molecule has 7 nitrogen and oxygen atoms in total. The third-order valence-corrected chi connectivity index (χ3v) is 5.40. The quantitative estimate of drug-likeness (QED) is 0.682. The van der Waals surface area contributed by atoms with Crippen LogP contribution in [0.5, 0.6) is 0 Å². The van der Waals surface area contributed by atoms with Crippen molar-refractivity contribution in [2.45, 2.75) is 33.3 Å². The van der Waals surface area contributed by atoms with Crippen molar-refractivity contribution >= 4 is 22.8 Å². The number of rotatable bonds is 5. The highest BCUT2D eigenvalue weighted by Crippen LogP contribution is 2.25. The van der Waals surface area contributed by atoms with Gasteiger partial charge in [-0.15, -0.1) is 0 Å². The summed E-state index contributed by atoms with van der Waals surface area (Å²) < 4.78 is 1.89. The van der Waals surface area contributed by atoms with Gasteiger partial charge in [-0.2, -0.15) is 5.10 Å². The average Bonchev–Trinajstić information content (AvgIpc) is 3.13. The van der Waals surface area contributed by atoms with E-state index in [2.05, 4.69) is 21.3 Å². The Morgan fingerprint density at radius 3 is 2.67 bits per heavy atom. The molecule has 0 bridgehead atoms. The number of β-amino-alcohol motifs (C(OH)–C–C–N with tert-alkyl or cyclic N) is 1. The van der Waals surface area contributed by atoms with Crippen LogP contribution in [0.25, 0.3) is 11.2 Å². The van der Waals surface area contributed by atoms with Crippen molar-refractivity contribution in [1.82, 2.24) is 19.5 Å². The van der Waals surface area contributed by atoms with Crippen molar-refractivity contribution in [1.29, 1.82) is 0 Å². The molecule has 4 rings (SSSR count). The minimum atomic E-state index is -0.573. The minimum absolute atomic E-state index is 0.106. The first-order chi connectivity index (χ1) is 14.4. The van der Waals surface area contributed by atoms with E-state index in [1.54, 1.807) is 0 Å². The molecular formula is C23H27N5O2. The second kappa shape index (κ2) is 8.38. The number of nitrogens with one attached hydrogen (secondary N) is 1. The van der Waals surface area contributed by atoms with Gasteiger partial charge < -0.3 is 10.4 Å². The normalized spacial score (nSPS) is 15.8. The molecule has 3 aromatic rings. The lowest BCUT2D eigenvalue weighted by Gasteiger charge is -2.28. The second-order valence-corrected chi connectivity index (χ2v) is 7.90. The number of aryl methyl sites for hydroxylation is 2. The zero-order valence-electron chi connectivity index (χ0n) is 17.6. The summed E-state index contributed by atoms with van der Waals surface area (Å²) in [6.45, 7) is 7.72. The fourth-order valence-electron chi connectivity index (χ4n) is 3.90. The van der Waals surface area contributed by atoms with Crippen LogP contribution in [0.3, 0.4) is 0 Å². The number of carbonyl (C=O) groups is 1. The topological polar surface area (TPSA) is 82.8 Å². The Bertz CT molecular complexity index is 1100. The van der Waals surface area contributed by atoms with E-state index in [1.807, 2.05) is 54.8 Å². The third-order valence-electron chi connectivity index (χ3n) is 5.40. The number of hydrogen-bond donors (Lipinski definition) is 2. The van der Waals surface area contributed by atoms with Crippen molar-refractivity contribution in [2.75, 3.05) is 25.0 Å². The molecule has 0 saturated carbocycles. The summed E-state index contributed by atoms with van der Waals surface area (Å²) in [7, 11) is 0. The van der Waals surface area contributed by atoms with E-state index in [4.69, 9.17) is 5.10 Å². The first kappa shape index (κ1) is 20.3. The number of benzene rings is 1. The van der Waals surface area contributed by atoms with Crippen molar-refractivity contribution in [3.05, 3.63) is 65.1 Å². The Morgan fingerprint density at radius 2 is 2.00 bits per heavy atom. The Balaban J connectivity index is 1.40. The van der Waals surface area contributed by atoms with Crippen LogP contribution in [0, 0.1) is 13.8 Å². The first-order valence-electron chi connectivity index (χ1n) is 10.2. The van der Waals surface area contributed by atoms with Gasteiger partial charge in [0.15, 0.2) is 5.65 Å².